The molecule has 0 aliphatic carbocycles. The molecule has 0 saturated heterocycles. The number of rotatable bonds is 5. The Bertz CT molecular complexity index is 325. The minimum atomic E-state index is -0.482. The first-order valence-electron chi connectivity index (χ1n) is 4.79. The topological polar surface area (TPSA) is 58.6 Å². The first kappa shape index (κ1) is 11.5. The van der Waals surface area contributed by atoms with Crippen molar-refractivity contribution in [1.82, 2.24) is 5.32 Å². The Labute approximate surface area is 88.9 Å². The standard InChI is InChI=1S/C11H15NO3/c1-9-3-2-4-10(7-9)15-6-5-12-11(14)8-13/h2-4,7,13H,5-6,8H2,1H3,(H,12,14). The van der Waals surface area contributed by atoms with Gasteiger partial charge in [0.1, 0.15) is 19.0 Å². The van der Waals surface area contributed by atoms with Crippen molar-refractivity contribution in [2.45, 2.75) is 6.92 Å². The van der Waals surface area contributed by atoms with E-state index in [1.54, 1.807) is 0 Å². The summed E-state index contributed by atoms with van der Waals surface area (Å²) in [5, 5.41) is 10.9. The van der Waals surface area contributed by atoms with E-state index in [1.165, 1.54) is 0 Å². The van der Waals surface area contributed by atoms with E-state index < -0.39 is 6.61 Å². The number of nitrogens with one attached hydrogen (secondary N) is 1. The van der Waals surface area contributed by atoms with Crippen LogP contribution in [0.4, 0.5) is 0 Å². The predicted octanol–water partition coefficient (Wildman–Crippen LogP) is 0.482. The van der Waals surface area contributed by atoms with Crippen LogP contribution in [-0.4, -0.2) is 30.8 Å². The van der Waals surface area contributed by atoms with Crippen molar-refractivity contribution in [2.24, 2.45) is 0 Å². The van der Waals surface area contributed by atoms with Crippen molar-refractivity contribution in [3.8, 4) is 5.75 Å². The molecular formula is C11H15NO3. The minimum Gasteiger partial charge on any atom is -0.492 e. The molecular weight excluding hydrogens is 194 g/mol. The van der Waals surface area contributed by atoms with E-state index in [4.69, 9.17) is 9.84 Å². The number of ether oxygens (including phenoxy) is 1. The first-order chi connectivity index (χ1) is 7.22. The van der Waals surface area contributed by atoms with Crippen molar-refractivity contribution >= 4 is 5.91 Å². The third-order valence-electron chi connectivity index (χ3n) is 1.83. The number of aliphatic hydroxyl groups excluding tert-OH is 1. The van der Waals surface area contributed by atoms with E-state index >= 15 is 0 Å². The van der Waals surface area contributed by atoms with Crippen molar-refractivity contribution < 1.29 is 14.6 Å². The van der Waals surface area contributed by atoms with Gasteiger partial charge in [0, 0.05) is 0 Å². The molecule has 15 heavy (non-hydrogen) atoms. The second-order valence-electron chi connectivity index (χ2n) is 3.17. The Morgan fingerprint density at radius 1 is 1.53 bits per heavy atom. The van der Waals surface area contributed by atoms with Crippen LogP contribution in [-0.2, 0) is 4.79 Å². The summed E-state index contributed by atoms with van der Waals surface area (Å²) >= 11 is 0. The van der Waals surface area contributed by atoms with Crippen molar-refractivity contribution in [2.75, 3.05) is 19.8 Å². The molecule has 1 amide bonds. The largest absolute Gasteiger partial charge is 0.492 e. The lowest BCUT2D eigenvalue weighted by molar-refractivity contribution is -0.123. The maximum Gasteiger partial charge on any atom is 0.245 e. The van der Waals surface area contributed by atoms with Gasteiger partial charge in [0.05, 0.1) is 6.54 Å². The van der Waals surface area contributed by atoms with Gasteiger partial charge in [-0.05, 0) is 24.6 Å². The minimum absolute atomic E-state index is 0.386. The molecule has 0 spiro atoms. The normalized spacial score (nSPS) is 9.73. The Balaban J connectivity index is 2.23. The smallest absolute Gasteiger partial charge is 0.245 e. The zero-order valence-electron chi connectivity index (χ0n) is 8.69. The van der Waals surface area contributed by atoms with Gasteiger partial charge in [-0.25, -0.2) is 0 Å². The zero-order valence-corrected chi connectivity index (χ0v) is 8.69. The monoisotopic (exact) mass is 209 g/mol. The van der Waals surface area contributed by atoms with Crippen LogP contribution in [0.25, 0.3) is 0 Å². The van der Waals surface area contributed by atoms with Crippen LogP contribution < -0.4 is 10.1 Å². The Hall–Kier alpha value is -1.55. The maximum absolute atomic E-state index is 10.7. The van der Waals surface area contributed by atoms with Crippen LogP contribution in [0.3, 0.4) is 0 Å². The molecule has 4 nitrogen and oxygen atoms in total. The Morgan fingerprint density at radius 2 is 2.33 bits per heavy atom. The predicted molar refractivity (Wildman–Crippen MR) is 56.8 cm³/mol. The van der Waals surface area contributed by atoms with Crippen LogP contribution in [0.1, 0.15) is 5.56 Å². The summed E-state index contributed by atoms with van der Waals surface area (Å²) in [5.41, 5.74) is 1.13. The van der Waals surface area contributed by atoms with Crippen LogP contribution in [0.5, 0.6) is 5.75 Å². The van der Waals surface area contributed by atoms with Gasteiger partial charge in [0.15, 0.2) is 0 Å². The molecule has 0 aromatic heterocycles. The highest BCUT2D eigenvalue weighted by Gasteiger charge is 1.97. The third-order valence-corrected chi connectivity index (χ3v) is 1.83. The number of hydrogen-bond acceptors (Lipinski definition) is 3. The summed E-state index contributed by atoms with van der Waals surface area (Å²) in [5.74, 6) is 0.399. The van der Waals surface area contributed by atoms with Gasteiger partial charge < -0.3 is 15.2 Å². The second-order valence-corrected chi connectivity index (χ2v) is 3.17. The van der Waals surface area contributed by atoms with Gasteiger partial charge in [-0.1, -0.05) is 12.1 Å². The lowest BCUT2D eigenvalue weighted by atomic mass is 10.2. The summed E-state index contributed by atoms with van der Waals surface area (Å²) in [6.45, 7) is 2.30. The van der Waals surface area contributed by atoms with Crippen LogP contribution in [0.2, 0.25) is 0 Å². The van der Waals surface area contributed by atoms with Crippen molar-refractivity contribution in [1.29, 1.82) is 0 Å². The number of aryl methyl sites for hydroxylation is 1. The van der Waals surface area contributed by atoms with Gasteiger partial charge in [-0.15, -0.1) is 0 Å². The highest BCUT2D eigenvalue weighted by Crippen LogP contribution is 2.11. The van der Waals surface area contributed by atoms with Crippen molar-refractivity contribution in [3.63, 3.8) is 0 Å². The van der Waals surface area contributed by atoms with E-state index in [9.17, 15) is 4.79 Å². The van der Waals surface area contributed by atoms with E-state index in [1.807, 2.05) is 31.2 Å². The summed E-state index contributed by atoms with van der Waals surface area (Å²) in [6, 6.07) is 7.69. The van der Waals surface area contributed by atoms with Crippen LogP contribution in [0, 0.1) is 6.92 Å². The molecule has 0 atom stereocenters. The van der Waals surface area contributed by atoms with E-state index in [0.29, 0.717) is 13.2 Å². The first-order valence-corrected chi connectivity index (χ1v) is 4.79. The van der Waals surface area contributed by atoms with E-state index in [2.05, 4.69) is 5.32 Å². The zero-order chi connectivity index (χ0) is 11.1. The number of hydrogen-bond donors (Lipinski definition) is 2. The molecule has 0 heterocycles. The number of amides is 1. The van der Waals surface area contributed by atoms with Crippen LogP contribution in [0.15, 0.2) is 24.3 Å². The summed E-state index contributed by atoms with van der Waals surface area (Å²) < 4.78 is 5.39. The lowest BCUT2D eigenvalue weighted by Crippen LogP contribution is -2.30. The third kappa shape index (κ3) is 4.46. The molecule has 0 fully saturated rings. The fourth-order valence-electron chi connectivity index (χ4n) is 1.12. The molecule has 0 saturated carbocycles. The lowest BCUT2D eigenvalue weighted by Gasteiger charge is -2.07. The highest BCUT2D eigenvalue weighted by atomic mass is 16.5. The Morgan fingerprint density at radius 3 is 3.00 bits per heavy atom. The highest BCUT2D eigenvalue weighted by molar-refractivity contribution is 5.76. The average molecular weight is 209 g/mol. The molecule has 0 aliphatic heterocycles. The molecule has 0 unspecified atom stereocenters. The molecule has 2 N–H and O–H groups in total. The molecule has 1 aromatic carbocycles. The van der Waals surface area contributed by atoms with Gasteiger partial charge in [-0.3, -0.25) is 4.79 Å². The fourth-order valence-corrected chi connectivity index (χ4v) is 1.12. The fraction of sp³-hybridized carbons (Fsp3) is 0.364. The van der Waals surface area contributed by atoms with E-state index in [-0.39, 0.29) is 5.91 Å². The van der Waals surface area contributed by atoms with Crippen molar-refractivity contribution in [3.05, 3.63) is 29.8 Å². The molecule has 4 heteroatoms. The summed E-state index contributed by atoms with van der Waals surface area (Å²) in [4.78, 5) is 10.7. The second kappa shape index (κ2) is 6.03. The van der Waals surface area contributed by atoms with Crippen LogP contribution >= 0.6 is 0 Å². The molecule has 82 valence electrons. The number of benzene rings is 1. The van der Waals surface area contributed by atoms with Gasteiger partial charge >= 0.3 is 0 Å². The summed E-state index contributed by atoms with van der Waals surface area (Å²) in [6.07, 6.45) is 0. The average Bonchev–Trinajstić information content (AvgIpc) is 2.24. The maximum atomic E-state index is 10.7. The molecule has 0 radical (unpaired) electrons. The van der Waals surface area contributed by atoms with Gasteiger partial charge in [0.2, 0.25) is 5.91 Å². The quantitative estimate of drug-likeness (QED) is 0.693. The summed E-state index contributed by atoms with van der Waals surface area (Å²) in [7, 11) is 0. The number of aliphatic hydroxyl groups is 1. The van der Waals surface area contributed by atoms with E-state index in [0.717, 1.165) is 11.3 Å². The SMILES string of the molecule is Cc1cccc(OCCNC(=O)CO)c1. The number of carbonyl (C=O) groups excluding carboxylic acids is 1. The molecule has 0 aliphatic rings. The van der Waals surface area contributed by atoms with Gasteiger partial charge in [0.25, 0.3) is 0 Å². The molecule has 0 bridgehead atoms. The Kier molecular flexibility index (Phi) is 4.63. The molecule has 1 aromatic rings. The van der Waals surface area contributed by atoms with Gasteiger partial charge in [-0.2, -0.15) is 0 Å². The number of carbonyl (C=O) groups is 1. The molecule has 1 rings (SSSR count).